The Balaban J connectivity index is 1.86. The second-order valence-corrected chi connectivity index (χ2v) is 8.01. The number of hydrogen-bond donors (Lipinski definition) is 3. The molecule has 0 bridgehead atoms. The van der Waals surface area contributed by atoms with Crippen LogP contribution in [0.15, 0.2) is 18.3 Å². The Kier molecular flexibility index (Phi) is 4.30. The standard InChI is InChI=1S/C20H20ClFN4O2/c1-9(27)14-13(23)3-2-11(17(14)22)12-7-25-19-15(16(12)21)20(8-26-19)5-4-10(6-20)18(24)28/h2-3,7,10H,4-6,8,23H2,1H3,(H2,24,28)(H,25,26)/t10-,20-/m0/s1. The molecule has 0 radical (unpaired) electrons. The maximum atomic E-state index is 15.1. The minimum absolute atomic E-state index is 0.0808. The third-order valence-electron chi connectivity index (χ3n) is 5.97. The monoisotopic (exact) mass is 402 g/mol. The third kappa shape index (κ3) is 2.64. The Morgan fingerprint density at radius 1 is 1.36 bits per heavy atom. The maximum Gasteiger partial charge on any atom is 0.220 e. The molecule has 6 nitrogen and oxygen atoms in total. The van der Waals surface area contributed by atoms with Crippen molar-refractivity contribution in [2.75, 3.05) is 17.6 Å². The van der Waals surface area contributed by atoms with E-state index in [0.717, 1.165) is 12.0 Å². The summed E-state index contributed by atoms with van der Waals surface area (Å²) in [6.07, 6.45) is 3.50. The van der Waals surface area contributed by atoms with Gasteiger partial charge in [0.2, 0.25) is 5.91 Å². The number of nitrogens with zero attached hydrogens (tertiary/aromatic N) is 1. The van der Waals surface area contributed by atoms with Crippen LogP contribution < -0.4 is 16.8 Å². The SMILES string of the molecule is CC(=O)c1c(N)ccc(-c2cnc3c(c2Cl)[C@]2(CC[C@H](C(N)=O)C2)CN3)c1F. The van der Waals surface area contributed by atoms with Crippen LogP contribution in [0, 0.1) is 11.7 Å². The summed E-state index contributed by atoms with van der Waals surface area (Å²) in [5.74, 6) is -1.06. The smallest absolute Gasteiger partial charge is 0.220 e. The van der Waals surface area contributed by atoms with Gasteiger partial charge in [0.25, 0.3) is 0 Å². The van der Waals surface area contributed by atoms with E-state index in [-0.39, 0.29) is 34.1 Å². The number of primary amides is 1. The topological polar surface area (TPSA) is 111 Å². The largest absolute Gasteiger partial charge is 0.398 e. The molecule has 8 heteroatoms. The van der Waals surface area contributed by atoms with Crippen LogP contribution in [-0.2, 0) is 10.2 Å². The van der Waals surface area contributed by atoms with Crippen molar-refractivity contribution in [1.82, 2.24) is 4.98 Å². The number of hydrogen-bond acceptors (Lipinski definition) is 5. The molecular formula is C20H20ClFN4O2. The van der Waals surface area contributed by atoms with Gasteiger partial charge in [-0.05, 0) is 38.3 Å². The van der Waals surface area contributed by atoms with E-state index in [2.05, 4.69) is 10.3 Å². The van der Waals surface area contributed by atoms with Crippen LogP contribution in [0.2, 0.25) is 5.02 Å². The highest BCUT2D eigenvalue weighted by atomic mass is 35.5. The van der Waals surface area contributed by atoms with Crippen molar-refractivity contribution in [2.24, 2.45) is 11.7 Å². The Bertz CT molecular complexity index is 1030. The van der Waals surface area contributed by atoms with Gasteiger partial charge < -0.3 is 16.8 Å². The van der Waals surface area contributed by atoms with E-state index < -0.39 is 11.6 Å². The lowest BCUT2D eigenvalue weighted by Crippen LogP contribution is -2.28. The molecular weight excluding hydrogens is 383 g/mol. The number of nitrogens with two attached hydrogens (primary N) is 2. The van der Waals surface area contributed by atoms with Gasteiger partial charge in [-0.1, -0.05) is 11.6 Å². The lowest BCUT2D eigenvalue weighted by molar-refractivity contribution is -0.121. The highest BCUT2D eigenvalue weighted by molar-refractivity contribution is 6.34. The Labute approximate surface area is 166 Å². The van der Waals surface area contributed by atoms with Crippen LogP contribution in [0.5, 0.6) is 0 Å². The molecule has 1 aromatic heterocycles. The van der Waals surface area contributed by atoms with Crippen LogP contribution >= 0.6 is 11.6 Å². The highest BCUT2D eigenvalue weighted by Gasteiger charge is 2.48. The van der Waals surface area contributed by atoms with Crippen molar-refractivity contribution in [3.05, 3.63) is 40.3 Å². The fraction of sp³-hybridized carbons (Fsp3) is 0.350. The number of anilines is 2. The lowest BCUT2D eigenvalue weighted by Gasteiger charge is -2.25. The van der Waals surface area contributed by atoms with E-state index >= 15 is 4.39 Å². The zero-order valence-electron chi connectivity index (χ0n) is 15.3. The van der Waals surface area contributed by atoms with Crippen molar-refractivity contribution < 1.29 is 14.0 Å². The number of rotatable bonds is 3. The fourth-order valence-corrected chi connectivity index (χ4v) is 4.99. The average Bonchev–Trinajstić information content (AvgIpc) is 3.22. The summed E-state index contributed by atoms with van der Waals surface area (Å²) in [5.41, 5.74) is 12.2. The molecule has 4 rings (SSSR count). The first-order chi connectivity index (χ1) is 13.2. The van der Waals surface area contributed by atoms with E-state index in [4.69, 9.17) is 23.1 Å². The molecule has 1 aliphatic carbocycles. The zero-order valence-corrected chi connectivity index (χ0v) is 16.1. The second kappa shape index (κ2) is 6.44. The number of pyridine rings is 1. The molecule has 2 heterocycles. The number of ketones is 1. The molecule has 1 saturated carbocycles. The van der Waals surface area contributed by atoms with Crippen LogP contribution in [0.25, 0.3) is 11.1 Å². The summed E-state index contributed by atoms with van der Waals surface area (Å²) in [7, 11) is 0. The van der Waals surface area contributed by atoms with Gasteiger partial charge in [0.05, 0.1) is 10.6 Å². The summed E-state index contributed by atoms with van der Waals surface area (Å²) < 4.78 is 15.1. The number of nitrogen functional groups attached to an aromatic ring is 1. The number of halogens is 2. The molecule has 1 amide bonds. The summed E-state index contributed by atoms with van der Waals surface area (Å²) in [5, 5.41) is 3.62. The van der Waals surface area contributed by atoms with Gasteiger partial charge in [-0.2, -0.15) is 0 Å². The summed E-state index contributed by atoms with van der Waals surface area (Å²) in [4.78, 5) is 27.9. The van der Waals surface area contributed by atoms with Crippen molar-refractivity contribution >= 4 is 34.8 Å². The first-order valence-corrected chi connectivity index (χ1v) is 9.44. The molecule has 2 aliphatic rings. The van der Waals surface area contributed by atoms with Crippen molar-refractivity contribution in [1.29, 1.82) is 0 Å². The minimum Gasteiger partial charge on any atom is -0.398 e. The van der Waals surface area contributed by atoms with Gasteiger partial charge in [-0.25, -0.2) is 9.37 Å². The van der Waals surface area contributed by atoms with Gasteiger partial charge in [-0.3, -0.25) is 9.59 Å². The van der Waals surface area contributed by atoms with Crippen LogP contribution in [-0.4, -0.2) is 23.2 Å². The number of benzene rings is 1. The number of carbonyl (C=O) groups is 2. The van der Waals surface area contributed by atoms with Crippen LogP contribution in [0.3, 0.4) is 0 Å². The number of nitrogens with one attached hydrogen (secondary N) is 1. The van der Waals surface area contributed by atoms with Gasteiger partial charge in [0.1, 0.15) is 11.6 Å². The predicted molar refractivity (Wildman–Crippen MR) is 106 cm³/mol. The van der Waals surface area contributed by atoms with Crippen molar-refractivity contribution in [2.45, 2.75) is 31.6 Å². The number of fused-ring (bicyclic) bond motifs is 2. The van der Waals surface area contributed by atoms with Crippen LogP contribution in [0.1, 0.15) is 42.1 Å². The maximum absolute atomic E-state index is 15.1. The first kappa shape index (κ1) is 18.7. The first-order valence-electron chi connectivity index (χ1n) is 9.06. The molecule has 2 atom stereocenters. The number of aromatic nitrogens is 1. The molecule has 5 N–H and O–H groups in total. The van der Waals surface area contributed by atoms with E-state index in [0.29, 0.717) is 35.8 Å². The van der Waals surface area contributed by atoms with E-state index in [1.54, 1.807) is 0 Å². The number of carbonyl (C=O) groups excluding carboxylic acids is 2. The molecule has 2 aromatic rings. The molecule has 1 aliphatic heterocycles. The molecule has 0 saturated heterocycles. The van der Waals surface area contributed by atoms with E-state index in [9.17, 15) is 9.59 Å². The molecule has 28 heavy (non-hydrogen) atoms. The normalized spacial score (nSPS) is 22.9. The molecule has 1 fully saturated rings. The van der Waals surface area contributed by atoms with Gasteiger partial charge in [0, 0.05) is 46.5 Å². The fourth-order valence-electron chi connectivity index (χ4n) is 4.55. The zero-order chi connectivity index (χ0) is 20.2. The van der Waals surface area contributed by atoms with Crippen LogP contribution in [0.4, 0.5) is 15.9 Å². The predicted octanol–water partition coefficient (Wildman–Crippen LogP) is 3.27. The summed E-state index contributed by atoms with van der Waals surface area (Å²) in [6.45, 7) is 1.87. The molecule has 1 aromatic carbocycles. The highest BCUT2D eigenvalue weighted by Crippen LogP contribution is 2.53. The van der Waals surface area contributed by atoms with E-state index in [1.165, 1.54) is 25.3 Å². The quantitative estimate of drug-likeness (QED) is 0.539. The lowest BCUT2D eigenvalue weighted by atomic mass is 9.79. The Morgan fingerprint density at radius 2 is 2.11 bits per heavy atom. The van der Waals surface area contributed by atoms with Crippen molar-refractivity contribution in [3.8, 4) is 11.1 Å². The minimum atomic E-state index is -0.711. The van der Waals surface area contributed by atoms with Gasteiger partial charge >= 0.3 is 0 Å². The Morgan fingerprint density at radius 3 is 2.75 bits per heavy atom. The van der Waals surface area contributed by atoms with Gasteiger partial charge in [0.15, 0.2) is 5.78 Å². The van der Waals surface area contributed by atoms with E-state index in [1.807, 2.05) is 0 Å². The number of Topliss-reactive ketones (excluding diaryl/α,β-unsaturated/α-hetero) is 1. The average molecular weight is 403 g/mol. The molecule has 146 valence electrons. The summed E-state index contributed by atoms with van der Waals surface area (Å²) >= 11 is 6.75. The number of amides is 1. The van der Waals surface area contributed by atoms with Gasteiger partial charge in [-0.15, -0.1) is 0 Å². The Hall–Kier alpha value is -2.67. The summed E-state index contributed by atoms with van der Waals surface area (Å²) in [6, 6.07) is 2.99. The molecule has 0 unspecified atom stereocenters. The second-order valence-electron chi connectivity index (χ2n) is 7.63. The third-order valence-corrected chi connectivity index (χ3v) is 6.36. The molecule has 1 spiro atoms. The van der Waals surface area contributed by atoms with Crippen molar-refractivity contribution in [3.63, 3.8) is 0 Å².